The standard InChI is InChI=1S/C17H35N5O.HI/c1-15(2)21(3)10-8-19-17(20-16-5-6-16)18-7-4-9-22-11-13-23-14-12-22;/h15-16H,4-14H2,1-3H3,(H2,18,19,20);1H. The van der Waals surface area contributed by atoms with Crippen molar-refractivity contribution in [1.29, 1.82) is 0 Å². The van der Waals surface area contributed by atoms with E-state index < -0.39 is 0 Å². The molecule has 24 heavy (non-hydrogen) atoms. The second-order valence-electron chi connectivity index (χ2n) is 6.96. The van der Waals surface area contributed by atoms with Crippen LogP contribution >= 0.6 is 24.0 Å². The lowest BCUT2D eigenvalue weighted by Crippen LogP contribution is -2.43. The summed E-state index contributed by atoms with van der Waals surface area (Å²) >= 11 is 0. The second kappa shape index (κ2) is 12.3. The lowest BCUT2D eigenvalue weighted by Gasteiger charge is -2.26. The van der Waals surface area contributed by atoms with Crippen molar-refractivity contribution >= 4 is 29.9 Å². The van der Waals surface area contributed by atoms with E-state index in [9.17, 15) is 0 Å². The van der Waals surface area contributed by atoms with Gasteiger partial charge in [0.1, 0.15) is 0 Å². The summed E-state index contributed by atoms with van der Waals surface area (Å²) in [6.07, 6.45) is 3.67. The van der Waals surface area contributed by atoms with Crippen LogP contribution in [0.15, 0.2) is 4.99 Å². The van der Waals surface area contributed by atoms with Gasteiger partial charge < -0.3 is 20.3 Å². The van der Waals surface area contributed by atoms with Crippen LogP contribution in [-0.2, 0) is 4.74 Å². The number of hydrogen-bond acceptors (Lipinski definition) is 4. The fourth-order valence-electron chi connectivity index (χ4n) is 2.49. The molecule has 1 saturated heterocycles. The van der Waals surface area contributed by atoms with E-state index >= 15 is 0 Å². The van der Waals surface area contributed by atoms with Crippen molar-refractivity contribution in [2.45, 2.75) is 45.2 Å². The topological polar surface area (TPSA) is 52.1 Å². The molecule has 0 spiro atoms. The molecule has 2 aliphatic rings. The van der Waals surface area contributed by atoms with Crippen molar-refractivity contribution in [3.8, 4) is 0 Å². The maximum Gasteiger partial charge on any atom is 0.191 e. The van der Waals surface area contributed by atoms with E-state index in [1.165, 1.54) is 12.8 Å². The molecule has 7 heteroatoms. The van der Waals surface area contributed by atoms with Crippen molar-refractivity contribution in [2.75, 3.05) is 59.5 Å². The Morgan fingerprint density at radius 2 is 2.00 bits per heavy atom. The van der Waals surface area contributed by atoms with Gasteiger partial charge in [0, 0.05) is 51.4 Å². The summed E-state index contributed by atoms with van der Waals surface area (Å²) in [5.74, 6) is 0.992. The Kier molecular flexibility index (Phi) is 11.2. The van der Waals surface area contributed by atoms with Gasteiger partial charge in [-0.1, -0.05) is 0 Å². The minimum atomic E-state index is 0. The van der Waals surface area contributed by atoms with Crippen molar-refractivity contribution in [1.82, 2.24) is 20.4 Å². The fraction of sp³-hybridized carbons (Fsp3) is 0.941. The van der Waals surface area contributed by atoms with Gasteiger partial charge in [-0.15, -0.1) is 24.0 Å². The predicted octanol–water partition coefficient (Wildman–Crippen LogP) is 1.36. The molecule has 1 heterocycles. The number of halogens is 1. The quantitative estimate of drug-likeness (QED) is 0.239. The summed E-state index contributed by atoms with van der Waals surface area (Å²) in [6, 6.07) is 1.23. The summed E-state index contributed by atoms with van der Waals surface area (Å²) in [7, 11) is 2.17. The van der Waals surface area contributed by atoms with Crippen LogP contribution in [0.1, 0.15) is 33.1 Å². The SMILES string of the molecule is CC(C)N(C)CCNC(=NCCCN1CCOCC1)NC1CC1.I. The number of aliphatic imine (C=N–C) groups is 1. The number of rotatable bonds is 9. The maximum absolute atomic E-state index is 5.38. The minimum absolute atomic E-state index is 0. The van der Waals surface area contributed by atoms with Crippen LogP contribution in [0, 0.1) is 0 Å². The number of ether oxygens (including phenoxy) is 1. The van der Waals surface area contributed by atoms with E-state index in [0.29, 0.717) is 12.1 Å². The van der Waals surface area contributed by atoms with Crippen molar-refractivity contribution in [2.24, 2.45) is 4.99 Å². The fourth-order valence-corrected chi connectivity index (χ4v) is 2.49. The molecule has 2 rings (SSSR count). The molecule has 0 bridgehead atoms. The largest absolute Gasteiger partial charge is 0.379 e. The van der Waals surface area contributed by atoms with Crippen molar-refractivity contribution < 1.29 is 4.74 Å². The molecule has 142 valence electrons. The zero-order valence-corrected chi connectivity index (χ0v) is 17.9. The highest BCUT2D eigenvalue weighted by atomic mass is 127. The van der Waals surface area contributed by atoms with Crippen LogP contribution < -0.4 is 10.6 Å². The number of morpholine rings is 1. The van der Waals surface area contributed by atoms with E-state index in [4.69, 9.17) is 9.73 Å². The van der Waals surface area contributed by atoms with Gasteiger partial charge in [0.15, 0.2) is 5.96 Å². The van der Waals surface area contributed by atoms with Crippen LogP contribution in [-0.4, -0.2) is 87.4 Å². The molecular formula is C17H36IN5O. The van der Waals surface area contributed by atoms with Crippen LogP contribution in [0.2, 0.25) is 0 Å². The summed E-state index contributed by atoms with van der Waals surface area (Å²) in [5, 5.41) is 7.00. The summed E-state index contributed by atoms with van der Waals surface area (Å²) < 4.78 is 5.38. The molecule has 1 aliphatic carbocycles. The molecule has 0 atom stereocenters. The lowest BCUT2D eigenvalue weighted by molar-refractivity contribution is 0.0377. The van der Waals surface area contributed by atoms with E-state index in [1.54, 1.807) is 0 Å². The molecule has 0 amide bonds. The molecule has 1 aliphatic heterocycles. The van der Waals surface area contributed by atoms with Crippen LogP contribution in [0.25, 0.3) is 0 Å². The number of likely N-dealkylation sites (N-methyl/N-ethyl adjacent to an activating group) is 1. The molecule has 0 aromatic heterocycles. The van der Waals surface area contributed by atoms with Crippen LogP contribution in [0.5, 0.6) is 0 Å². The molecule has 1 saturated carbocycles. The zero-order valence-electron chi connectivity index (χ0n) is 15.6. The van der Waals surface area contributed by atoms with Gasteiger partial charge in [-0.05, 0) is 40.2 Å². The van der Waals surface area contributed by atoms with Gasteiger partial charge in [0.25, 0.3) is 0 Å². The number of hydrogen-bond donors (Lipinski definition) is 2. The first-order valence-corrected chi connectivity index (χ1v) is 9.20. The smallest absolute Gasteiger partial charge is 0.191 e. The van der Waals surface area contributed by atoms with Gasteiger partial charge in [-0.25, -0.2) is 0 Å². The molecule has 2 fully saturated rings. The first-order valence-electron chi connectivity index (χ1n) is 9.20. The monoisotopic (exact) mass is 453 g/mol. The van der Waals surface area contributed by atoms with E-state index in [2.05, 4.69) is 41.3 Å². The van der Waals surface area contributed by atoms with Crippen molar-refractivity contribution in [3.05, 3.63) is 0 Å². The summed E-state index contributed by atoms with van der Waals surface area (Å²) in [6.45, 7) is 12.3. The number of nitrogens with one attached hydrogen (secondary N) is 2. The Bertz CT molecular complexity index is 357. The summed E-state index contributed by atoms with van der Waals surface area (Å²) in [4.78, 5) is 9.57. The third-order valence-electron chi connectivity index (χ3n) is 4.56. The average Bonchev–Trinajstić information content (AvgIpc) is 3.36. The molecule has 0 unspecified atom stereocenters. The average molecular weight is 453 g/mol. The molecule has 0 aromatic rings. The third kappa shape index (κ3) is 9.39. The molecular weight excluding hydrogens is 417 g/mol. The minimum Gasteiger partial charge on any atom is -0.379 e. The zero-order chi connectivity index (χ0) is 16.5. The Morgan fingerprint density at radius 1 is 1.29 bits per heavy atom. The highest BCUT2D eigenvalue weighted by Crippen LogP contribution is 2.18. The highest BCUT2D eigenvalue weighted by Gasteiger charge is 2.22. The first kappa shape index (κ1) is 21.9. The van der Waals surface area contributed by atoms with Crippen LogP contribution in [0.4, 0.5) is 0 Å². The Labute approximate surface area is 164 Å². The third-order valence-corrected chi connectivity index (χ3v) is 4.56. The van der Waals surface area contributed by atoms with E-state index in [-0.39, 0.29) is 24.0 Å². The molecule has 6 nitrogen and oxygen atoms in total. The Balaban J connectivity index is 0.00000288. The molecule has 0 aromatic carbocycles. The van der Waals surface area contributed by atoms with Gasteiger partial charge in [-0.2, -0.15) is 0 Å². The lowest BCUT2D eigenvalue weighted by atomic mass is 10.3. The summed E-state index contributed by atoms with van der Waals surface area (Å²) in [5.41, 5.74) is 0. The maximum atomic E-state index is 5.38. The van der Waals surface area contributed by atoms with Crippen LogP contribution in [0.3, 0.4) is 0 Å². The predicted molar refractivity (Wildman–Crippen MR) is 112 cm³/mol. The number of nitrogens with zero attached hydrogens (tertiary/aromatic N) is 3. The normalized spacial score (nSPS) is 19.5. The van der Waals surface area contributed by atoms with Gasteiger partial charge in [0.05, 0.1) is 13.2 Å². The van der Waals surface area contributed by atoms with Gasteiger partial charge >= 0.3 is 0 Å². The first-order chi connectivity index (χ1) is 11.1. The Hall–Kier alpha value is -0.120. The molecule has 2 N–H and O–H groups in total. The molecule has 0 radical (unpaired) electrons. The number of guanidine groups is 1. The Morgan fingerprint density at radius 3 is 2.62 bits per heavy atom. The van der Waals surface area contributed by atoms with Crippen molar-refractivity contribution in [3.63, 3.8) is 0 Å². The van der Waals surface area contributed by atoms with E-state index in [1.807, 2.05) is 0 Å². The highest BCUT2D eigenvalue weighted by molar-refractivity contribution is 14.0. The second-order valence-corrected chi connectivity index (χ2v) is 6.96. The van der Waals surface area contributed by atoms with Gasteiger partial charge in [0.2, 0.25) is 0 Å². The van der Waals surface area contributed by atoms with Gasteiger partial charge in [-0.3, -0.25) is 9.89 Å². The van der Waals surface area contributed by atoms with E-state index in [0.717, 1.165) is 64.9 Å².